The van der Waals surface area contributed by atoms with Crippen LogP contribution in [0, 0.1) is 0 Å². The Labute approximate surface area is 135 Å². The molecule has 104 valence electrons. The second kappa shape index (κ2) is 6.61. The van der Waals surface area contributed by atoms with Gasteiger partial charge in [-0.1, -0.05) is 51.3 Å². The summed E-state index contributed by atoms with van der Waals surface area (Å²) in [5, 5.41) is 0.905. The molecule has 0 heterocycles. The molecular formula is C15H11BrCl2O2. The Bertz CT molecular complexity index is 626. The van der Waals surface area contributed by atoms with Crippen molar-refractivity contribution in [3.8, 4) is 5.75 Å². The molecule has 0 fully saturated rings. The van der Waals surface area contributed by atoms with Crippen LogP contribution in [0.4, 0.5) is 0 Å². The Balaban J connectivity index is 2.13. The largest absolute Gasteiger partial charge is 0.481 e. The summed E-state index contributed by atoms with van der Waals surface area (Å²) in [7, 11) is 0. The molecule has 0 aromatic heterocycles. The highest BCUT2D eigenvalue weighted by Gasteiger charge is 2.18. The van der Waals surface area contributed by atoms with E-state index >= 15 is 0 Å². The first-order valence-electron chi connectivity index (χ1n) is 5.89. The molecular weight excluding hydrogens is 363 g/mol. The first-order valence-corrected chi connectivity index (χ1v) is 7.44. The number of carbonyl (C=O) groups is 1. The van der Waals surface area contributed by atoms with Gasteiger partial charge in [-0.25, -0.2) is 0 Å². The number of hydrogen-bond acceptors (Lipinski definition) is 2. The lowest BCUT2D eigenvalue weighted by molar-refractivity contribution is 0.0818. The van der Waals surface area contributed by atoms with E-state index in [-0.39, 0.29) is 5.78 Å². The third-order valence-electron chi connectivity index (χ3n) is 2.70. The summed E-state index contributed by atoms with van der Waals surface area (Å²) in [6, 6.07) is 12.0. The fraction of sp³-hybridized carbons (Fsp3) is 0.133. The van der Waals surface area contributed by atoms with E-state index in [1.165, 1.54) is 0 Å². The van der Waals surface area contributed by atoms with Gasteiger partial charge in [0.25, 0.3) is 0 Å². The summed E-state index contributed by atoms with van der Waals surface area (Å²) in [6.45, 7) is 1.69. The van der Waals surface area contributed by atoms with Crippen molar-refractivity contribution < 1.29 is 9.53 Å². The van der Waals surface area contributed by atoms with Gasteiger partial charge in [0.15, 0.2) is 6.10 Å². The molecule has 2 nitrogen and oxygen atoms in total. The van der Waals surface area contributed by atoms with Crippen LogP contribution in [0.1, 0.15) is 17.3 Å². The van der Waals surface area contributed by atoms with Crippen molar-refractivity contribution in [2.45, 2.75) is 13.0 Å². The lowest BCUT2D eigenvalue weighted by atomic mass is 10.1. The topological polar surface area (TPSA) is 26.3 Å². The van der Waals surface area contributed by atoms with Crippen molar-refractivity contribution in [2.75, 3.05) is 0 Å². The maximum Gasteiger partial charge on any atom is 0.202 e. The molecule has 0 aliphatic heterocycles. The van der Waals surface area contributed by atoms with Crippen molar-refractivity contribution in [1.82, 2.24) is 0 Å². The molecule has 1 atom stereocenters. The third-order valence-corrected chi connectivity index (χ3v) is 3.75. The lowest BCUT2D eigenvalue weighted by Crippen LogP contribution is -2.24. The highest BCUT2D eigenvalue weighted by atomic mass is 79.9. The zero-order valence-electron chi connectivity index (χ0n) is 10.6. The summed E-state index contributed by atoms with van der Waals surface area (Å²) in [5.74, 6) is 0.331. The molecule has 0 aliphatic carbocycles. The number of Topliss-reactive ketones (excluding diaryl/α,β-unsaturated/α-hetero) is 1. The van der Waals surface area contributed by atoms with E-state index in [9.17, 15) is 4.79 Å². The van der Waals surface area contributed by atoms with Crippen molar-refractivity contribution in [3.05, 3.63) is 62.5 Å². The monoisotopic (exact) mass is 372 g/mol. The minimum absolute atomic E-state index is 0.108. The molecule has 1 unspecified atom stereocenters. The molecule has 0 N–H and O–H groups in total. The Morgan fingerprint density at radius 3 is 2.40 bits per heavy atom. The quantitative estimate of drug-likeness (QED) is 0.670. The van der Waals surface area contributed by atoms with Crippen LogP contribution < -0.4 is 4.74 Å². The Kier molecular flexibility index (Phi) is 5.08. The van der Waals surface area contributed by atoms with Crippen LogP contribution in [0.25, 0.3) is 0 Å². The molecule has 2 aromatic carbocycles. The zero-order valence-corrected chi connectivity index (χ0v) is 13.7. The van der Waals surface area contributed by atoms with Crippen LogP contribution in [0.2, 0.25) is 10.0 Å². The smallest absolute Gasteiger partial charge is 0.202 e. The van der Waals surface area contributed by atoms with Crippen LogP contribution in [0.15, 0.2) is 46.9 Å². The van der Waals surface area contributed by atoms with Crippen molar-refractivity contribution >= 4 is 44.9 Å². The van der Waals surface area contributed by atoms with Crippen molar-refractivity contribution in [3.63, 3.8) is 0 Å². The number of hydrogen-bond donors (Lipinski definition) is 0. The number of halogens is 3. The van der Waals surface area contributed by atoms with Crippen LogP contribution in [-0.2, 0) is 0 Å². The van der Waals surface area contributed by atoms with Gasteiger partial charge < -0.3 is 4.74 Å². The normalized spacial score (nSPS) is 12.0. The van der Waals surface area contributed by atoms with Gasteiger partial charge in [0.1, 0.15) is 5.75 Å². The third kappa shape index (κ3) is 3.75. The van der Waals surface area contributed by atoms with Crippen LogP contribution in [0.5, 0.6) is 5.75 Å². The maximum absolute atomic E-state index is 12.2. The Hall–Kier alpha value is -1.03. The van der Waals surface area contributed by atoms with E-state index < -0.39 is 6.10 Å². The Morgan fingerprint density at radius 2 is 1.80 bits per heavy atom. The fourth-order valence-electron chi connectivity index (χ4n) is 1.66. The van der Waals surface area contributed by atoms with Crippen LogP contribution in [-0.4, -0.2) is 11.9 Å². The van der Waals surface area contributed by atoms with Gasteiger partial charge in [0, 0.05) is 15.1 Å². The number of benzene rings is 2. The number of ketones is 1. The molecule has 0 spiro atoms. The number of rotatable bonds is 4. The van der Waals surface area contributed by atoms with E-state index in [0.717, 1.165) is 4.47 Å². The molecule has 0 amide bonds. The molecule has 5 heteroatoms. The van der Waals surface area contributed by atoms with Crippen molar-refractivity contribution in [1.29, 1.82) is 0 Å². The van der Waals surface area contributed by atoms with E-state index in [1.807, 2.05) is 12.1 Å². The summed E-state index contributed by atoms with van der Waals surface area (Å²) < 4.78 is 6.51. The van der Waals surface area contributed by atoms with Crippen molar-refractivity contribution in [2.24, 2.45) is 0 Å². The molecule has 20 heavy (non-hydrogen) atoms. The average molecular weight is 374 g/mol. The lowest BCUT2D eigenvalue weighted by Gasteiger charge is -2.15. The van der Waals surface area contributed by atoms with Gasteiger partial charge >= 0.3 is 0 Å². The summed E-state index contributed by atoms with van der Waals surface area (Å²) in [6.07, 6.45) is -0.630. The van der Waals surface area contributed by atoms with Gasteiger partial charge in [-0.15, -0.1) is 0 Å². The molecule has 0 saturated heterocycles. The van der Waals surface area contributed by atoms with Gasteiger partial charge in [-0.05, 0) is 37.3 Å². The van der Waals surface area contributed by atoms with Gasteiger partial charge in [0.05, 0.1) is 5.02 Å². The zero-order chi connectivity index (χ0) is 14.7. The van der Waals surface area contributed by atoms with E-state index in [1.54, 1.807) is 37.3 Å². The predicted octanol–water partition coefficient (Wildman–Crippen LogP) is 5.41. The van der Waals surface area contributed by atoms with E-state index in [4.69, 9.17) is 27.9 Å². The molecule has 0 aliphatic rings. The predicted molar refractivity (Wildman–Crippen MR) is 85.0 cm³/mol. The van der Waals surface area contributed by atoms with Gasteiger partial charge in [0.2, 0.25) is 5.78 Å². The molecule has 0 radical (unpaired) electrons. The first kappa shape index (κ1) is 15.4. The maximum atomic E-state index is 12.2. The van der Waals surface area contributed by atoms with Gasteiger partial charge in [-0.3, -0.25) is 4.79 Å². The summed E-state index contributed by atoms with van der Waals surface area (Å²) >= 11 is 15.2. The fourth-order valence-corrected chi connectivity index (χ4v) is 2.38. The molecule has 0 bridgehead atoms. The standard InChI is InChI=1S/C15H11BrCl2O2/c1-9(15(19)10-2-4-11(16)5-3-10)20-14-7-6-12(17)8-13(14)18/h2-9H,1H3. The van der Waals surface area contributed by atoms with Gasteiger partial charge in [-0.2, -0.15) is 0 Å². The highest BCUT2D eigenvalue weighted by Crippen LogP contribution is 2.28. The molecule has 0 saturated carbocycles. The summed E-state index contributed by atoms with van der Waals surface area (Å²) in [5.41, 5.74) is 0.589. The highest BCUT2D eigenvalue weighted by molar-refractivity contribution is 9.10. The average Bonchev–Trinajstić information content (AvgIpc) is 2.42. The molecule has 2 aromatic rings. The van der Waals surface area contributed by atoms with Crippen LogP contribution >= 0.6 is 39.1 Å². The minimum Gasteiger partial charge on any atom is -0.481 e. The van der Waals surface area contributed by atoms with Crippen LogP contribution in [0.3, 0.4) is 0 Å². The van der Waals surface area contributed by atoms with E-state index in [2.05, 4.69) is 15.9 Å². The second-order valence-corrected chi connectivity index (χ2v) is 5.97. The SMILES string of the molecule is CC(Oc1ccc(Cl)cc1Cl)C(=O)c1ccc(Br)cc1. The summed E-state index contributed by atoms with van der Waals surface area (Å²) in [4.78, 5) is 12.2. The Morgan fingerprint density at radius 1 is 1.15 bits per heavy atom. The number of ether oxygens (including phenoxy) is 1. The first-order chi connectivity index (χ1) is 9.47. The second-order valence-electron chi connectivity index (χ2n) is 4.21. The molecule has 2 rings (SSSR count). The number of carbonyl (C=O) groups excluding carboxylic acids is 1. The van der Waals surface area contributed by atoms with E-state index in [0.29, 0.717) is 21.4 Å². The minimum atomic E-state index is -0.630.